The Bertz CT molecular complexity index is 1590. The number of aromatic carboxylic acids is 1. The first-order chi connectivity index (χ1) is 17.9. The number of aryl methyl sites for hydroxylation is 1. The Hall–Kier alpha value is -3.87. The lowest BCUT2D eigenvalue weighted by molar-refractivity contribution is 0.0690. The number of halogens is 2. The van der Waals surface area contributed by atoms with Crippen molar-refractivity contribution < 1.29 is 19.2 Å². The zero-order chi connectivity index (χ0) is 25.9. The van der Waals surface area contributed by atoms with Crippen LogP contribution in [0, 0.1) is 0 Å². The van der Waals surface area contributed by atoms with Crippen molar-refractivity contribution in [1.29, 1.82) is 0 Å². The molecule has 0 amide bonds. The van der Waals surface area contributed by atoms with Crippen LogP contribution in [0.5, 0.6) is 5.75 Å². The number of carboxylic acids is 1. The fourth-order valence-electron chi connectivity index (χ4n) is 4.21. The monoisotopic (exact) mass is 532 g/mol. The zero-order valence-corrected chi connectivity index (χ0v) is 21.4. The molecule has 0 saturated carbocycles. The number of benzene rings is 3. The number of pyridine rings is 1. The van der Waals surface area contributed by atoms with Crippen molar-refractivity contribution in [3.05, 3.63) is 100.0 Å². The summed E-state index contributed by atoms with van der Waals surface area (Å²) in [6.07, 6.45) is 3.11. The van der Waals surface area contributed by atoms with Gasteiger partial charge in [0.05, 0.1) is 15.6 Å². The van der Waals surface area contributed by atoms with Crippen molar-refractivity contribution in [3.63, 3.8) is 0 Å². The average Bonchev–Trinajstić information content (AvgIpc) is 3.29. The molecule has 6 nitrogen and oxygen atoms in total. The molecule has 186 valence electrons. The van der Waals surface area contributed by atoms with E-state index in [9.17, 15) is 9.90 Å². The van der Waals surface area contributed by atoms with Gasteiger partial charge in [0.2, 0.25) is 0 Å². The number of hydrogen-bond acceptors (Lipinski definition) is 5. The van der Waals surface area contributed by atoms with E-state index >= 15 is 0 Å². The van der Waals surface area contributed by atoms with Gasteiger partial charge in [-0.1, -0.05) is 59.5 Å². The van der Waals surface area contributed by atoms with Gasteiger partial charge in [-0.3, -0.25) is 0 Å². The lowest BCUT2D eigenvalue weighted by Crippen LogP contribution is -2.00. The summed E-state index contributed by atoms with van der Waals surface area (Å²) in [6.45, 7) is 2.32. The second kappa shape index (κ2) is 10.6. The molecule has 0 saturated heterocycles. The molecule has 2 heterocycles. The lowest BCUT2D eigenvalue weighted by atomic mass is 10.0. The number of carboxylic acid groups (broad SMARTS) is 1. The third-order valence-corrected chi connectivity index (χ3v) is 6.68. The van der Waals surface area contributed by atoms with E-state index in [-0.39, 0.29) is 12.3 Å². The van der Waals surface area contributed by atoms with Crippen LogP contribution in [0.2, 0.25) is 10.0 Å². The molecule has 0 radical (unpaired) electrons. The second-order valence-corrected chi connectivity index (χ2v) is 9.34. The van der Waals surface area contributed by atoms with E-state index in [1.165, 1.54) is 6.20 Å². The summed E-state index contributed by atoms with van der Waals surface area (Å²) in [5.74, 6) is 0.383. The highest BCUT2D eigenvalue weighted by Crippen LogP contribution is 2.38. The predicted octanol–water partition coefficient (Wildman–Crippen LogP) is 8.09. The largest absolute Gasteiger partial charge is 0.489 e. The molecule has 0 aliphatic heterocycles. The summed E-state index contributed by atoms with van der Waals surface area (Å²) in [6, 6.07) is 20.5. The zero-order valence-electron chi connectivity index (χ0n) is 19.9. The van der Waals surface area contributed by atoms with Gasteiger partial charge in [0, 0.05) is 18.2 Å². The van der Waals surface area contributed by atoms with Crippen LogP contribution >= 0.6 is 23.2 Å². The van der Waals surface area contributed by atoms with E-state index < -0.39 is 5.97 Å². The van der Waals surface area contributed by atoms with E-state index in [4.69, 9.17) is 32.5 Å². The van der Waals surface area contributed by atoms with Crippen molar-refractivity contribution in [2.24, 2.45) is 0 Å². The summed E-state index contributed by atoms with van der Waals surface area (Å²) in [4.78, 5) is 15.2. The van der Waals surface area contributed by atoms with Crippen LogP contribution in [0.1, 0.15) is 35.2 Å². The lowest BCUT2D eigenvalue weighted by Gasteiger charge is -2.11. The number of aromatic nitrogens is 2. The fourth-order valence-corrected chi connectivity index (χ4v) is 4.79. The van der Waals surface area contributed by atoms with Gasteiger partial charge in [-0.2, -0.15) is 0 Å². The van der Waals surface area contributed by atoms with Gasteiger partial charge < -0.3 is 14.4 Å². The van der Waals surface area contributed by atoms with E-state index in [1.54, 1.807) is 30.3 Å². The van der Waals surface area contributed by atoms with Crippen molar-refractivity contribution >= 4 is 39.9 Å². The first kappa shape index (κ1) is 24.8. The summed E-state index contributed by atoms with van der Waals surface area (Å²) in [7, 11) is 0. The summed E-state index contributed by atoms with van der Waals surface area (Å²) in [5, 5.41) is 16.5. The molecule has 0 aliphatic carbocycles. The van der Waals surface area contributed by atoms with Gasteiger partial charge in [-0.05, 0) is 70.8 Å². The van der Waals surface area contributed by atoms with Crippen LogP contribution in [0.4, 0.5) is 0 Å². The Labute approximate surface area is 223 Å². The molecular weight excluding hydrogens is 511 g/mol. The topological polar surface area (TPSA) is 85.5 Å². The van der Waals surface area contributed by atoms with Crippen LogP contribution in [0.3, 0.4) is 0 Å². The van der Waals surface area contributed by atoms with Crippen molar-refractivity contribution in [2.45, 2.75) is 26.4 Å². The molecule has 5 aromatic rings. The fraction of sp³-hybridized carbons (Fsp3) is 0.138. The van der Waals surface area contributed by atoms with E-state index in [1.807, 2.05) is 36.4 Å². The molecule has 1 N–H and O–H groups in total. The third-order valence-electron chi connectivity index (χ3n) is 6.05. The highest BCUT2D eigenvalue weighted by atomic mass is 35.5. The van der Waals surface area contributed by atoms with Gasteiger partial charge in [-0.15, -0.1) is 0 Å². The highest BCUT2D eigenvalue weighted by Gasteiger charge is 2.22. The molecule has 37 heavy (non-hydrogen) atoms. The molecule has 0 atom stereocenters. The standard InChI is InChI=1S/C29H22Cl2N2O4/c1-2-4-26-22(28(33-37-26)27-23(30)5-3-6-24(27)31)16-36-21-10-9-18-13-17(7-8-19(18)14-21)20-11-12-32-25(15-20)29(34)35/h3,5-15H,2,4,16H2,1H3,(H,34,35). The Morgan fingerprint density at radius 2 is 1.70 bits per heavy atom. The Morgan fingerprint density at radius 1 is 0.973 bits per heavy atom. The predicted molar refractivity (Wildman–Crippen MR) is 144 cm³/mol. The number of hydrogen-bond donors (Lipinski definition) is 1. The minimum atomic E-state index is -1.06. The molecule has 0 unspecified atom stereocenters. The van der Waals surface area contributed by atoms with E-state index in [2.05, 4.69) is 17.1 Å². The number of fused-ring (bicyclic) bond motifs is 1. The van der Waals surface area contributed by atoms with Crippen LogP contribution < -0.4 is 4.74 Å². The van der Waals surface area contributed by atoms with Crippen molar-refractivity contribution in [3.8, 4) is 28.1 Å². The normalized spacial score (nSPS) is 11.1. The van der Waals surface area contributed by atoms with Gasteiger partial charge in [-0.25, -0.2) is 9.78 Å². The summed E-state index contributed by atoms with van der Waals surface area (Å²) < 4.78 is 11.8. The highest BCUT2D eigenvalue weighted by molar-refractivity contribution is 6.39. The van der Waals surface area contributed by atoms with Crippen LogP contribution in [-0.2, 0) is 13.0 Å². The molecule has 3 aromatic carbocycles. The minimum Gasteiger partial charge on any atom is -0.489 e. The van der Waals surface area contributed by atoms with E-state index in [0.29, 0.717) is 33.5 Å². The number of ether oxygens (including phenoxy) is 1. The van der Waals surface area contributed by atoms with Crippen molar-refractivity contribution in [2.75, 3.05) is 0 Å². The molecule has 2 aromatic heterocycles. The van der Waals surface area contributed by atoms with Crippen LogP contribution in [-0.4, -0.2) is 21.2 Å². The van der Waals surface area contributed by atoms with E-state index in [0.717, 1.165) is 39.6 Å². The Kier molecular flexibility index (Phi) is 7.12. The molecule has 8 heteroatoms. The number of carbonyl (C=O) groups is 1. The molecule has 0 fully saturated rings. The molecule has 0 aliphatic rings. The summed E-state index contributed by atoms with van der Waals surface area (Å²) >= 11 is 12.9. The Balaban J connectivity index is 1.42. The van der Waals surface area contributed by atoms with Crippen LogP contribution in [0.15, 0.2) is 77.4 Å². The van der Waals surface area contributed by atoms with Crippen molar-refractivity contribution in [1.82, 2.24) is 10.1 Å². The minimum absolute atomic E-state index is 0.00923. The third kappa shape index (κ3) is 5.17. The number of rotatable bonds is 8. The van der Waals surface area contributed by atoms with Gasteiger partial charge in [0.15, 0.2) is 0 Å². The Morgan fingerprint density at radius 3 is 2.46 bits per heavy atom. The smallest absolute Gasteiger partial charge is 0.354 e. The molecule has 0 spiro atoms. The molecule has 0 bridgehead atoms. The van der Waals surface area contributed by atoms with Crippen LogP contribution in [0.25, 0.3) is 33.2 Å². The summed E-state index contributed by atoms with van der Waals surface area (Å²) in [5.41, 5.74) is 3.73. The first-order valence-corrected chi connectivity index (χ1v) is 12.5. The molecule has 5 rings (SSSR count). The van der Waals surface area contributed by atoms with Gasteiger partial charge in [0.25, 0.3) is 0 Å². The molecular formula is C29H22Cl2N2O4. The number of nitrogens with zero attached hydrogens (tertiary/aromatic N) is 2. The first-order valence-electron chi connectivity index (χ1n) is 11.7. The SMILES string of the molecule is CCCc1onc(-c2c(Cl)cccc2Cl)c1COc1ccc2cc(-c3ccnc(C(=O)O)c3)ccc2c1. The van der Waals surface area contributed by atoms with Gasteiger partial charge >= 0.3 is 5.97 Å². The van der Waals surface area contributed by atoms with Gasteiger partial charge in [0.1, 0.15) is 29.5 Å². The maximum absolute atomic E-state index is 11.3. The second-order valence-electron chi connectivity index (χ2n) is 8.53. The maximum atomic E-state index is 11.3. The maximum Gasteiger partial charge on any atom is 0.354 e. The average molecular weight is 533 g/mol. The quantitative estimate of drug-likeness (QED) is 0.217.